The topological polar surface area (TPSA) is 51.4 Å². The van der Waals surface area contributed by atoms with Crippen LogP contribution in [0.4, 0.5) is 5.82 Å². The summed E-state index contributed by atoms with van der Waals surface area (Å²) >= 11 is 0. The molecule has 0 aliphatic carbocycles. The molecule has 1 aliphatic rings. The number of anilines is 1. The van der Waals surface area contributed by atoms with Crippen LogP contribution in [0.3, 0.4) is 0 Å². The summed E-state index contributed by atoms with van der Waals surface area (Å²) in [4.78, 5) is 6.97. The normalized spacial score (nSPS) is 19.3. The minimum absolute atomic E-state index is 0.582. The van der Waals surface area contributed by atoms with E-state index >= 15 is 0 Å². The zero-order valence-electron chi connectivity index (χ0n) is 11.9. The summed E-state index contributed by atoms with van der Waals surface area (Å²) in [5.41, 5.74) is 5.83. The van der Waals surface area contributed by atoms with Crippen molar-refractivity contribution in [3.63, 3.8) is 0 Å². The fourth-order valence-electron chi connectivity index (χ4n) is 2.97. The number of benzene rings is 1. The summed E-state index contributed by atoms with van der Waals surface area (Å²) < 4.78 is 5.29. The Kier molecular flexibility index (Phi) is 3.74. The Balaban J connectivity index is 1.98. The maximum atomic E-state index is 5.83. The molecule has 0 bridgehead atoms. The van der Waals surface area contributed by atoms with E-state index in [1.54, 1.807) is 7.11 Å². The summed E-state index contributed by atoms with van der Waals surface area (Å²) in [6.07, 6.45) is 4.30. The average Bonchev–Trinajstić information content (AvgIpc) is 2.53. The monoisotopic (exact) mass is 271 g/mol. The Morgan fingerprint density at radius 2 is 2.30 bits per heavy atom. The van der Waals surface area contributed by atoms with Gasteiger partial charge in [0.05, 0.1) is 7.11 Å². The Labute approximate surface area is 119 Å². The zero-order chi connectivity index (χ0) is 13.9. The molecule has 4 nitrogen and oxygen atoms in total. The molecule has 20 heavy (non-hydrogen) atoms. The summed E-state index contributed by atoms with van der Waals surface area (Å²) in [6, 6.07) is 8.19. The van der Waals surface area contributed by atoms with Crippen LogP contribution >= 0.6 is 0 Å². The third-order valence-corrected chi connectivity index (χ3v) is 4.10. The van der Waals surface area contributed by atoms with Crippen LogP contribution in [0.2, 0.25) is 0 Å². The van der Waals surface area contributed by atoms with Gasteiger partial charge in [-0.3, -0.25) is 0 Å². The highest BCUT2D eigenvalue weighted by molar-refractivity contribution is 5.93. The van der Waals surface area contributed by atoms with Crippen LogP contribution in [-0.4, -0.2) is 31.7 Å². The Morgan fingerprint density at radius 1 is 1.40 bits per heavy atom. The van der Waals surface area contributed by atoms with Crippen molar-refractivity contribution in [2.45, 2.75) is 12.8 Å². The van der Waals surface area contributed by atoms with E-state index in [0.29, 0.717) is 5.92 Å². The van der Waals surface area contributed by atoms with Gasteiger partial charge in [0.25, 0.3) is 0 Å². The van der Waals surface area contributed by atoms with Gasteiger partial charge in [-0.2, -0.15) is 0 Å². The highest BCUT2D eigenvalue weighted by atomic mass is 16.5. The van der Waals surface area contributed by atoms with Crippen LogP contribution in [0.1, 0.15) is 12.8 Å². The first-order valence-corrected chi connectivity index (χ1v) is 7.19. The van der Waals surface area contributed by atoms with Gasteiger partial charge in [-0.05, 0) is 55.0 Å². The van der Waals surface area contributed by atoms with E-state index in [-0.39, 0.29) is 0 Å². The molecule has 0 amide bonds. The maximum absolute atomic E-state index is 5.83. The first-order valence-electron chi connectivity index (χ1n) is 7.19. The lowest BCUT2D eigenvalue weighted by Crippen LogP contribution is -2.38. The Bertz CT molecular complexity index is 599. The van der Waals surface area contributed by atoms with Gasteiger partial charge in [0.1, 0.15) is 11.6 Å². The van der Waals surface area contributed by atoms with Crippen LogP contribution in [-0.2, 0) is 0 Å². The van der Waals surface area contributed by atoms with Crippen LogP contribution in [0.25, 0.3) is 10.8 Å². The average molecular weight is 271 g/mol. The molecule has 1 aliphatic heterocycles. The second-order valence-corrected chi connectivity index (χ2v) is 5.41. The number of aromatic nitrogens is 1. The Morgan fingerprint density at radius 3 is 3.10 bits per heavy atom. The van der Waals surface area contributed by atoms with Crippen LogP contribution in [0.15, 0.2) is 30.5 Å². The van der Waals surface area contributed by atoms with Gasteiger partial charge in [0.2, 0.25) is 0 Å². The molecule has 1 aromatic heterocycles. The number of hydrogen-bond donors (Lipinski definition) is 1. The molecule has 106 valence electrons. The molecule has 3 rings (SSSR count). The van der Waals surface area contributed by atoms with E-state index in [4.69, 9.17) is 10.5 Å². The van der Waals surface area contributed by atoms with Crippen molar-refractivity contribution in [1.82, 2.24) is 4.98 Å². The van der Waals surface area contributed by atoms with E-state index in [1.807, 2.05) is 18.3 Å². The van der Waals surface area contributed by atoms with E-state index in [1.165, 1.54) is 23.6 Å². The first kappa shape index (κ1) is 13.2. The molecular formula is C16H21N3O. The quantitative estimate of drug-likeness (QED) is 0.931. The third kappa shape index (κ3) is 2.43. The number of hydrogen-bond acceptors (Lipinski definition) is 4. The SMILES string of the molecule is COc1ccc2c(N3CCCC(CN)C3)nccc2c1. The molecule has 0 spiro atoms. The summed E-state index contributed by atoms with van der Waals surface area (Å²) in [7, 11) is 1.69. The number of piperidine rings is 1. The van der Waals surface area contributed by atoms with Crippen LogP contribution < -0.4 is 15.4 Å². The lowest BCUT2D eigenvalue weighted by molar-refractivity contribution is 0.415. The zero-order valence-corrected chi connectivity index (χ0v) is 11.9. The Hall–Kier alpha value is -1.81. The summed E-state index contributed by atoms with van der Waals surface area (Å²) in [5.74, 6) is 2.54. The fourth-order valence-corrected chi connectivity index (χ4v) is 2.97. The third-order valence-electron chi connectivity index (χ3n) is 4.10. The molecule has 1 saturated heterocycles. The second-order valence-electron chi connectivity index (χ2n) is 5.41. The fraction of sp³-hybridized carbons (Fsp3) is 0.438. The number of nitrogens with two attached hydrogens (primary N) is 1. The van der Waals surface area contributed by atoms with Crippen molar-refractivity contribution in [3.8, 4) is 5.75 Å². The van der Waals surface area contributed by atoms with Crippen molar-refractivity contribution in [2.24, 2.45) is 11.7 Å². The number of ether oxygens (including phenoxy) is 1. The van der Waals surface area contributed by atoms with Crippen molar-refractivity contribution in [2.75, 3.05) is 31.6 Å². The van der Waals surface area contributed by atoms with Crippen molar-refractivity contribution < 1.29 is 4.74 Å². The van der Waals surface area contributed by atoms with Gasteiger partial charge in [-0.15, -0.1) is 0 Å². The number of nitrogens with zero attached hydrogens (tertiary/aromatic N) is 2. The number of fused-ring (bicyclic) bond motifs is 1. The molecule has 4 heteroatoms. The van der Waals surface area contributed by atoms with Gasteiger partial charge in [-0.1, -0.05) is 0 Å². The van der Waals surface area contributed by atoms with E-state index in [0.717, 1.165) is 31.2 Å². The molecule has 1 aromatic carbocycles. The lowest BCUT2D eigenvalue weighted by atomic mass is 9.98. The van der Waals surface area contributed by atoms with Gasteiger partial charge in [0.15, 0.2) is 0 Å². The second kappa shape index (κ2) is 5.67. The highest BCUT2D eigenvalue weighted by Gasteiger charge is 2.21. The molecule has 1 atom stereocenters. The van der Waals surface area contributed by atoms with E-state index in [9.17, 15) is 0 Å². The van der Waals surface area contributed by atoms with Gasteiger partial charge < -0.3 is 15.4 Å². The number of rotatable bonds is 3. The molecule has 2 heterocycles. The van der Waals surface area contributed by atoms with Gasteiger partial charge in [-0.25, -0.2) is 4.98 Å². The summed E-state index contributed by atoms with van der Waals surface area (Å²) in [6.45, 7) is 2.83. The van der Waals surface area contributed by atoms with E-state index in [2.05, 4.69) is 22.0 Å². The molecule has 1 unspecified atom stereocenters. The van der Waals surface area contributed by atoms with Crippen molar-refractivity contribution in [1.29, 1.82) is 0 Å². The lowest BCUT2D eigenvalue weighted by Gasteiger charge is -2.33. The predicted octanol–water partition coefficient (Wildman–Crippen LogP) is 2.42. The molecule has 2 N–H and O–H groups in total. The molecule has 2 aromatic rings. The van der Waals surface area contributed by atoms with Crippen LogP contribution in [0, 0.1) is 5.92 Å². The number of pyridine rings is 1. The van der Waals surface area contributed by atoms with Gasteiger partial charge >= 0.3 is 0 Å². The first-order chi connectivity index (χ1) is 9.81. The minimum Gasteiger partial charge on any atom is -0.497 e. The van der Waals surface area contributed by atoms with E-state index < -0.39 is 0 Å². The molecular weight excluding hydrogens is 250 g/mol. The van der Waals surface area contributed by atoms with Gasteiger partial charge in [0, 0.05) is 24.7 Å². The standard InChI is InChI=1S/C16H21N3O/c1-20-14-4-5-15-13(9-14)6-7-18-16(15)19-8-2-3-12(10-17)11-19/h4-7,9,12H,2-3,8,10-11,17H2,1H3. The molecule has 0 radical (unpaired) electrons. The predicted molar refractivity (Wildman–Crippen MR) is 82.3 cm³/mol. The van der Waals surface area contributed by atoms with Crippen LogP contribution in [0.5, 0.6) is 5.75 Å². The largest absolute Gasteiger partial charge is 0.497 e. The summed E-state index contributed by atoms with van der Waals surface area (Å²) in [5, 5.41) is 2.36. The smallest absolute Gasteiger partial charge is 0.136 e. The molecule has 0 saturated carbocycles. The maximum Gasteiger partial charge on any atom is 0.136 e. The number of methoxy groups -OCH3 is 1. The van der Waals surface area contributed by atoms with Crippen molar-refractivity contribution in [3.05, 3.63) is 30.5 Å². The van der Waals surface area contributed by atoms with Crippen molar-refractivity contribution >= 4 is 16.6 Å². The minimum atomic E-state index is 0.582. The highest BCUT2D eigenvalue weighted by Crippen LogP contribution is 2.30. The molecule has 1 fully saturated rings.